The lowest BCUT2D eigenvalue weighted by Crippen LogP contribution is -2.43. The van der Waals surface area contributed by atoms with Crippen molar-refractivity contribution in [3.05, 3.63) is 93.2 Å². The molecule has 0 aliphatic carbocycles. The summed E-state index contributed by atoms with van der Waals surface area (Å²) in [6.45, 7) is 5.23. The number of anilines is 2. The lowest BCUT2D eigenvalue weighted by atomic mass is 9.93. The van der Waals surface area contributed by atoms with Gasteiger partial charge in [-0.3, -0.25) is 9.59 Å². The van der Waals surface area contributed by atoms with Gasteiger partial charge in [-0.05, 0) is 62.1 Å². The van der Waals surface area contributed by atoms with E-state index in [1.165, 1.54) is 0 Å². The van der Waals surface area contributed by atoms with Gasteiger partial charge < -0.3 is 15.2 Å². The van der Waals surface area contributed by atoms with Crippen LogP contribution in [0.3, 0.4) is 0 Å². The van der Waals surface area contributed by atoms with Crippen LogP contribution in [0.1, 0.15) is 24.0 Å². The summed E-state index contributed by atoms with van der Waals surface area (Å²) in [7, 11) is 0. The SMILES string of the molecule is Cc1ccc(NC(=O)C2CCCN(c3c(-c4ccccc4)c4cc(Cl)ccc4[nH]c3=O)C2)c(C)c1. The summed E-state index contributed by atoms with van der Waals surface area (Å²) in [5, 5.41) is 4.61. The highest BCUT2D eigenvalue weighted by Gasteiger charge is 2.30. The normalized spacial score (nSPS) is 15.9. The minimum Gasteiger partial charge on any atom is -0.366 e. The van der Waals surface area contributed by atoms with Gasteiger partial charge in [0.25, 0.3) is 5.56 Å². The van der Waals surface area contributed by atoms with E-state index in [2.05, 4.69) is 21.3 Å². The van der Waals surface area contributed by atoms with Crippen LogP contribution in [0, 0.1) is 19.8 Å². The summed E-state index contributed by atoms with van der Waals surface area (Å²) >= 11 is 6.36. The number of carbonyl (C=O) groups is 1. The zero-order valence-corrected chi connectivity index (χ0v) is 20.7. The predicted octanol–water partition coefficient (Wildman–Crippen LogP) is 6.32. The lowest BCUT2D eigenvalue weighted by molar-refractivity contribution is -0.120. The number of rotatable bonds is 4. The number of hydrogen-bond acceptors (Lipinski definition) is 3. The van der Waals surface area contributed by atoms with Gasteiger partial charge >= 0.3 is 0 Å². The summed E-state index contributed by atoms with van der Waals surface area (Å²) in [6, 6.07) is 21.4. The Kier molecular flexibility index (Phi) is 6.35. The Morgan fingerprint density at radius 3 is 2.63 bits per heavy atom. The van der Waals surface area contributed by atoms with Gasteiger partial charge in [0.2, 0.25) is 5.91 Å². The minimum atomic E-state index is -0.220. The predicted molar refractivity (Wildman–Crippen MR) is 144 cm³/mol. The van der Waals surface area contributed by atoms with E-state index in [4.69, 9.17) is 11.6 Å². The molecule has 1 atom stereocenters. The smallest absolute Gasteiger partial charge is 0.272 e. The molecule has 5 nitrogen and oxygen atoms in total. The number of fused-ring (bicyclic) bond motifs is 1. The van der Waals surface area contributed by atoms with E-state index in [9.17, 15) is 9.59 Å². The van der Waals surface area contributed by atoms with Crippen LogP contribution in [-0.2, 0) is 4.79 Å². The molecule has 1 amide bonds. The van der Waals surface area contributed by atoms with E-state index in [1.807, 2.05) is 68.4 Å². The van der Waals surface area contributed by atoms with Crippen LogP contribution < -0.4 is 15.8 Å². The van der Waals surface area contributed by atoms with Gasteiger partial charge in [-0.15, -0.1) is 0 Å². The number of carbonyl (C=O) groups excluding carboxylic acids is 1. The fraction of sp³-hybridized carbons (Fsp3) is 0.241. The first-order valence-electron chi connectivity index (χ1n) is 11.9. The third-order valence-corrected chi connectivity index (χ3v) is 7.00. The summed E-state index contributed by atoms with van der Waals surface area (Å²) in [4.78, 5) is 31.8. The zero-order valence-electron chi connectivity index (χ0n) is 19.9. The number of hydrogen-bond donors (Lipinski definition) is 2. The molecule has 4 aromatic rings. The summed E-state index contributed by atoms with van der Waals surface area (Å²) in [5.74, 6) is -0.231. The average molecular weight is 486 g/mol. The highest BCUT2D eigenvalue weighted by molar-refractivity contribution is 6.31. The topological polar surface area (TPSA) is 65.2 Å². The molecule has 35 heavy (non-hydrogen) atoms. The molecule has 0 spiro atoms. The van der Waals surface area contributed by atoms with Crippen molar-refractivity contribution in [3.63, 3.8) is 0 Å². The van der Waals surface area contributed by atoms with Gasteiger partial charge in [0.1, 0.15) is 5.69 Å². The molecule has 0 saturated carbocycles. The first kappa shape index (κ1) is 23.2. The fourth-order valence-electron chi connectivity index (χ4n) is 5.04. The van der Waals surface area contributed by atoms with Crippen molar-refractivity contribution in [1.29, 1.82) is 0 Å². The van der Waals surface area contributed by atoms with Crippen molar-refractivity contribution >= 4 is 39.8 Å². The van der Waals surface area contributed by atoms with Crippen LogP contribution in [-0.4, -0.2) is 24.0 Å². The van der Waals surface area contributed by atoms with Crippen LogP contribution in [0.4, 0.5) is 11.4 Å². The van der Waals surface area contributed by atoms with Gasteiger partial charge in [-0.25, -0.2) is 0 Å². The fourth-order valence-corrected chi connectivity index (χ4v) is 5.21. The second-order valence-electron chi connectivity index (χ2n) is 9.33. The number of nitrogens with zero attached hydrogens (tertiary/aromatic N) is 1. The Morgan fingerprint density at radius 1 is 1.06 bits per heavy atom. The maximum absolute atomic E-state index is 13.4. The van der Waals surface area contributed by atoms with Crippen LogP contribution in [0.25, 0.3) is 22.0 Å². The van der Waals surface area contributed by atoms with Gasteiger partial charge in [-0.2, -0.15) is 0 Å². The molecule has 0 bridgehead atoms. The number of amides is 1. The van der Waals surface area contributed by atoms with Gasteiger partial charge in [-0.1, -0.05) is 59.6 Å². The molecule has 0 radical (unpaired) electrons. The number of nitrogens with one attached hydrogen (secondary N) is 2. The lowest BCUT2D eigenvalue weighted by Gasteiger charge is -2.34. The van der Waals surface area contributed by atoms with Gasteiger partial charge in [0.15, 0.2) is 0 Å². The maximum Gasteiger partial charge on any atom is 0.272 e. The summed E-state index contributed by atoms with van der Waals surface area (Å²) < 4.78 is 0. The Bertz CT molecular complexity index is 1460. The van der Waals surface area contributed by atoms with Crippen LogP contribution in [0.15, 0.2) is 71.5 Å². The number of benzene rings is 3. The van der Waals surface area contributed by atoms with Crippen LogP contribution in [0.2, 0.25) is 5.02 Å². The molecule has 3 aromatic carbocycles. The van der Waals surface area contributed by atoms with E-state index < -0.39 is 0 Å². The first-order chi connectivity index (χ1) is 16.9. The third kappa shape index (κ3) is 4.69. The average Bonchev–Trinajstić information content (AvgIpc) is 2.86. The number of halogens is 1. The van der Waals surface area contributed by atoms with Crippen molar-refractivity contribution in [3.8, 4) is 11.1 Å². The molecule has 2 N–H and O–H groups in total. The zero-order chi connectivity index (χ0) is 24.5. The number of aromatic amines is 1. The number of aryl methyl sites for hydroxylation is 2. The van der Waals surface area contributed by atoms with Crippen molar-refractivity contribution in [2.75, 3.05) is 23.3 Å². The summed E-state index contributed by atoms with van der Waals surface area (Å²) in [5.41, 5.74) is 6.01. The minimum absolute atomic E-state index is 0.0109. The Balaban J connectivity index is 1.53. The molecule has 6 heteroatoms. The Morgan fingerprint density at radius 2 is 1.86 bits per heavy atom. The molecule has 1 aliphatic heterocycles. The van der Waals surface area contributed by atoms with Crippen molar-refractivity contribution in [2.45, 2.75) is 26.7 Å². The van der Waals surface area contributed by atoms with Crippen LogP contribution in [0.5, 0.6) is 0 Å². The highest BCUT2D eigenvalue weighted by Crippen LogP contribution is 2.37. The molecule has 178 valence electrons. The Labute approximate surface area is 209 Å². The quantitative estimate of drug-likeness (QED) is 0.355. The van der Waals surface area contributed by atoms with Crippen LogP contribution >= 0.6 is 11.6 Å². The largest absolute Gasteiger partial charge is 0.366 e. The molecule has 1 unspecified atom stereocenters. The van der Waals surface area contributed by atoms with E-state index in [0.29, 0.717) is 23.8 Å². The van der Waals surface area contributed by atoms with E-state index in [0.717, 1.165) is 51.7 Å². The number of piperidine rings is 1. The Hall–Kier alpha value is -3.57. The third-order valence-electron chi connectivity index (χ3n) is 6.76. The molecule has 1 aliphatic rings. The number of H-pyrrole nitrogens is 1. The second-order valence-corrected chi connectivity index (χ2v) is 9.76. The van der Waals surface area contributed by atoms with Crippen molar-refractivity contribution < 1.29 is 4.79 Å². The second kappa shape index (κ2) is 9.59. The molecular weight excluding hydrogens is 458 g/mol. The molecule has 2 heterocycles. The standard InChI is InChI=1S/C29H28ClN3O2/c1-18-10-12-24(19(2)15-18)31-28(34)21-9-6-14-33(17-21)27-26(20-7-4-3-5-8-20)23-16-22(30)11-13-25(23)32-29(27)35/h3-5,7-8,10-13,15-16,21H,6,9,14,17H2,1-2H3,(H,31,34)(H,32,35). The molecular formula is C29H28ClN3O2. The van der Waals surface area contributed by atoms with E-state index in [1.54, 1.807) is 6.07 Å². The number of pyridine rings is 1. The molecule has 1 aromatic heterocycles. The molecule has 1 fully saturated rings. The molecule has 5 rings (SSSR count). The van der Waals surface area contributed by atoms with E-state index >= 15 is 0 Å². The molecule has 1 saturated heterocycles. The maximum atomic E-state index is 13.4. The van der Waals surface area contributed by atoms with Crippen molar-refractivity contribution in [1.82, 2.24) is 4.98 Å². The van der Waals surface area contributed by atoms with Gasteiger partial charge in [0.05, 0.1) is 5.92 Å². The van der Waals surface area contributed by atoms with Crippen molar-refractivity contribution in [2.24, 2.45) is 5.92 Å². The first-order valence-corrected chi connectivity index (χ1v) is 12.3. The summed E-state index contributed by atoms with van der Waals surface area (Å²) in [6.07, 6.45) is 1.61. The van der Waals surface area contributed by atoms with Gasteiger partial charge in [0, 0.05) is 40.3 Å². The van der Waals surface area contributed by atoms with E-state index in [-0.39, 0.29) is 17.4 Å². The number of aromatic nitrogens is 1. The monoisotopic (exact) mass is 485 g/mol. The highest BCUT2D eigenvalue weighted by atomic mass is 35.5.